The number of aliphatic hydroxyl groups excluding tert-OH is 1. The number of ether oxygens (including phenoxy) is 2. The average Bonchev–Trinajstić information content (AvgIpc) is 3.55. The summed E-state index contributed by atoms with van der Waals surface area (Å²) in [5.74, 6) is -0.327. The minimum atomic E-state index is -4.41. The predicted molar refractivity (Wildman–Crippen MR) is 104 cm³/mol. The van der Waals surface area contributed by atoms with Gasteiger partial charge in [-0.15, -0.1) is 0 Å². The normalized spacial score (nSPS) is 24.2. The molecule has 1 saturated carbocycles. The van der Waals surface area contributed by atoms with E-state index < -0.39 is 18.0 Å². The number of carbonyl (C=O) groups is 1. The number of carbonyl (C=O) groups excluding carboxylic acids is 1. The molecule has 5 nitrogen and oxygen atoms in total. The number of alkyl halides is 3. The number of amides is 1. The van der Waals surface area contributed by atoms with Gasteiger partial charge in [0.1, 0.15) is 0 Å². The summed E-state index contributed by atoms with van der Waals surface area (Å²) in [6.45, 7) is 2.73. The Morgan fingerprint density at radius 2 is 1.97 bits per heavy atom. The van der Waals surface area contributed by atoms with Crippen molar-refractivity contribution >= 4 is 5.91 Å². The molecule has 1 aliphatic heterocycles. The standard InChI is InChI=1S/C22H28F3NO4/c1-2-29-21-17(4-3-11-27)18(15-7-9-16(10-8-15)22(23,24)25)12-19(30-21)20(28)26-13-14-5-6-14/h7-10,12,14,17-18,21,27H,2-6,11,13H2,1H3,(H,26,28)/t17-,18-,21-/m0/s1. The van der Waals surface area contributed by atoms with Crippen molar-refractivity contribution in [1.82, 2.24) is 5.32 Å². The highest BCUT2D eigenvalue weighted by atomic mass is 19.4. The zero-order chi connectivity index (χ0) is 21.7. The van der Waals surface area contributed by atoms with Crippen molar-refractivity contribution in [3.05, 3.63) is 47.2 Å². The molecule has 0 spiro atoms. The fraction of sp³-hybridized carbons (Fsp3) is 0.591. The monoisotopic (exact) mass is 427 g/mol. The highest BCUT2D eigenvalue weighted by Gasteiger charge is 2.38. The van der Waals surface area contributed by atoms with Gasteiger partial charge in [0.2, 0.25) is 6.29 Å². The lowest BCUT2D eigenvalue weighted by Crippen LogP contribution is -2.39. The maximum absolute atomic E-state index is 13.0. The molecule has 8 heteroatoms. The summed E-state index contributed by atoms with van der Waals surface area (Å²) in [5, 5.41) is 12.1. The minimum absolute atomic E-state index is 0.0203. The van der Waals surface area contributed by atoms with E-state index in [-0.39, 0.29) is 30.1 Å². The van der Waals surface area contributed by atoms with Crippen molar-refractivity contribution in [3.63, 3.8) is 0 Å². The molecule has 2 aliphatic rings. The third-order valence-corrected chi connectivity index (χ3v) is 5.51. The number of hydrogen-bond donors (Lipinski definition) is 2. The fourth-order valence-corrected chi connectivity index (χ4v) is 3.69. The summed E-state index contributed by atoms with van der Waals surface area (Å²) in [7, 11) is 0. The van der Waals surface area contributed by atoms with Crippen LogP contribution in [0.1, 0.15) is 49.7 Å². The first kappa shape index (κ1) is 22.6. The van der Waals surface area contributed by atoms with E-state index in [0.29, 0.717) is 37.5 Å². The van der Waals surface area contributed by atoms with Crippen LogP contribution in [0.15, 0.2) is 36.1 Å². The van der Waals surface area contributed by atoms with Gasteiger partial charge in [0.25, 0.3) is 5.91 Å². The molecule has 0 unspecified atom stereocenters. The summed E-state index contributed by atoms with van der Waals surface area (Å²) in [6.07, 6.45) is -0.241. The number of rotatable bonds is 9. The largest absolute Gasteiger partial charge is 0.459 e. The van der Waals surface area contributed by atoms with Gasteiger partial charge in [-0.1, -0.05) is 12.1 Å². The molecule has 1 aromatic rings. The average molecular weight is 427 g/mol. The molecular formula is C22H28F3NO4. The van der Waals surface area contributed by atoms with E-state index in [0.717, 1.165) is 25.0 Å². The highest BCUT2D eigenvalue weighted by molar-refractivity contribution is 5.91. The van der Waals surface area contributed by atoms with Crippen LogP contribution in [-0.4, -0.2) is 37.1 Å². The van der Waals surface area contributed by atoms with Crippen LogP contribution in [0.2, 0.25) is 0 Å². The smallest absolute Gasteiger partial charge is 0.416 e. The van der Waals surface area contributed by atoms with E-state index in [2.05, 4.69) is 5.32 Å². The Labute approximate surface area is 174 Å². The molecule has 0 aromatic heterocycles. The first-order valence-corrected chi connectivity index (χ1v) is 10.4. The number of benzene rings is 1. The maximum atomic E-state index is 13.0. The van der Waals surface area contributed by atoms with E-state index in [9.17, 15) is 23.1 Å². The quantitative estimate of drug-likeness (QED) is 0.626. The molecule has 1 amide bonds. The van der Waals surface area contributed by atoms with E-state index in [1.807, 2.05) is 6.92 Å². The van der Waals surface area contributed by atoms with Gasteiger partial charge in [-0.2, -0.15) is 13.2 Å². The SMILES string of the molecule is CCO[C@H]1OC(C(=O)NCC2CC2)=C[C@@H](c2ccc(C(F)(F)F)cc2)[C@@H]1CCCO. The van der Waals surface area contributed by atoms with Gasteiger partial charge in [0.05, 0.1) is 5.56 Å². The molecule has 30 heavy (non-hydrogen) atoms. The van der Waals surface area contributed by atoms with E-state index in [4.69, 9.17) is 9.47 Å². The topological polar surface area (TPSA) is 67.8 Å². The molecule has 1 aromatic carbocycles. The van der Waals surface area contributed by atoms with Gasteiger partial charge < -0.3 is 19.9 Å². The minimum Gasteiger partial charge on any atom is -0.459 e. The summed E-state index contributed by atoms with van der Waals surface area (Å²) >= 11 is 0. The predicted octanol–water partition coefficient (Wildman–Crippen LogP) is 3.98. The molecule has 2 N–H and O–H groups in total. The summed E-state index contributed by atoms with van der Waals surface area (Å²) in [5.41, 5.74) is -0.0793. The van der Waals surface area contributed by atoms with Gasteiger partial charge in [0, 0.05) is 31.6 Å². The lowest BCUT2D eigenvalue weighted by atomic mass is 9.80. The zero-order valence-corrected chi connectivity index (χ0v) is 17.0. The summed E-state index contributed by atoms with van der Waals surface area (Å²) in [6, 6.07) is 4.96. The van der Waals surface area contributed by atoms with Gasteiger partial charge in [0.15, 0.2) is 5.76 Å². The van der Waals surface area contributed by atoms with Crippen LogP contribution >= 0.6 is 0 Å². The highest BCUT2D eigenvalue weighted by Crippen LogP contribution is 2.40. The Kier molecular flexibility index (Phi) is 7.41. The van der Waals surface area contributed by atoms with Gasteiger partial charge >= 0.3 is 6.18 Å². The van der Waals surface area contributed by atoms with Crippen molar-refractivity contribution in [1.29, 1.82) is 0 Å². The summed E-state index contributed by atoms with van der Waals surface area (Å²) < 4.78 is 50.5. The Balaban J connectivity index is 1.89. The van der Waals surface area contributed by atoms with E-state index in [1.165, 1.54) is 12.1 Å². The van der Waals surface area contributed by atoms with Crippen LogP contribution < -0.4 is 5.32 Å². The lowest BCUT2D eigenvalue weighted by molar-refractivity contribution is -0.166. The molecule has 1 aliphatic carbocycles. The molecule has 1 fully saturated rings. The molecule has 3 rings (SSSR count). The van der Waals surface area contributed by atoms with Crippen molar-refractivity contribution in [3.8, 4) is 0 Å². The van der Waals surface area contributed by atoms with Crippen LogP contribution in [0, 0.1) is 11.8 Å². The van der Waals surface area contributed by atoms with E-state index in [1.54, 1.807) is 6.08 Å². The van der Waals surface area contributed by atoms with Gasteiger partial charge in [-0.25, -0.2) is 0 Å². The maximum Gasteiger partial charge on any atom is 0.416 e. The lowest BCUT2D eigenvalue weighted by Gasteiger charge is -2.37. The molecule has 3 atom stereocenters. The fourth-order valence-electron chi connectivity index (χ4n) is 3.69. The Hall–Kier alpha value is -2.06. The number of allylic oxidation sites excluding steroid dienone is 1. The Morgan fingerprint density at radius 1 is 1.27 bits per heavy atom. The van der Waals surface area contributed by atoms with Crippen molar-refractivity contribution in [2.45, 2.75) is 51.0 Å². The number of hydrogen-bond acceptors (Lipinski definition) is 4. The Bertz CT molecular complexity index is 744. The second-order valence-corrected chi connectivity index (χ2v) is 7.80. The number of nitrogens with one attached hydrogen (secondary N) is 1. The van der Waals surface area contributed by atoms with Gasteiger partial charge in [-0.05, 0) is 62.3 Å². The van der Waals surface area contributed by atoms with Crippen molar-refractivity contribution in [2.75, 3.05) is 19.8 Å². The van der Waals surface area contributed by atoms with Crippen LogP contribution in [0.25, 0.3) is 0 Å². The van der Waals surface area contributed by atoms with Crippen molar-refractivity contribution in [2.24, 2.45) is 11.8 Å². The molecule has 0 saturated heterocycles. The van der Waals surface area contributed by atoms with Crippen LogP contribution in [0.5, 0.6) is 0 Å². The van der Waals surface area contributed by atoms with Gasteiger partial charge in [-0.3, -0.25) is 4.79 Å². The second-order valence-electron chi connectivity index (χ2n) is 7.80. The number of aliphatic hydroxyl groups is 1. The van der Waals surface area contributed by atoms with Crippen LogP contribution in [0.3, 0.4) is 0 Å². The van der Waals surface area contributed by atoms with Crippen molar-refractivity contribution < 1.29 is 32.5 Å². The van der Waals surface area contributed by atoms with E-state index >= 15 is 0 Å². The summed E-state index contributed by atoms with van der Waals surface area (Å²) in [4.78, 5) is 12.6. The second kappa shape index (κ2) is 9.83. The molecular weight excluding hydrogens is 399 g/mol. The first-order chi connectivity index (χ1) is 14.3. The molecule has 1 heterocycles. The number of halogens is 3. The molecule has 0 radical (unpaired) electrons. The zero-order valence-electron chi connectivity index (χ0n) is 17.0. The van der Waals surface area contributed by atoms with Crippen LogP contribution in [-0.2, 0) is 20.4 Å². The molecule has 166 valence electrons. The van der Waals surface area contributed by atoms with Crippen LogP contribution in [0.4, 0.5) is 13.2 Å². The first-order valence-electron chi connectivity index (χ1n) is 10.4. The third-order valence-electron chi connectivity index (χ3n) is 5.51. The third kappa shape index (κ3) is 5.76. The Morgan fingerprint density at radius 3 is 2.53 bits per heavy atom. The molecule has 0 bridgehead atoms.